The Bertz CT molecular complexity index is 686. The van der Waals surface area contributed by atoms with Crippen molar-refractivity contribution in [3.8, 4) is 0 Å². The molecule has 0 saturated carbocycles. The van der Waals surface area contributed by atoms with Crippen LogP contribution in [0.4, 0.5) is 5.69 Å². The summed E-state index contributed by atoms with van der Waals surface area (Å²) in [6.07, 6.45) is 0. The Morgan fingerprint density at radius 1 is 1.05 bits per heavy atom. The van der Waals surface area contributed by atoms with Gasteiger partial charge in [0.1, 0.15) is 0 Å². The van der Waals surface area contributed by atoms with Crippen LogP contribution in [0.3, 0.4) is 0 Å². The number of benzene rings is 2. The molecule has 0 unspecified atom stereocenters. The lowest BCUT2D eigenvalue weighted by Crippen LogP contribution is -2.22. The fourth-order valence-electron chi connectivity index (χ4n) is 1.79. The van der Waals surface area contributed by atoms with Crippen molar-refractivity contribution in [3.63, 3.8) is 0 Å². The number of amides is 1. The van der Waals surface area contributed by atoms with Crippen molar-refractivity contribution in [3.05, 3.63) is 64.2 Å². The summed E-state index contributed by atoms with van der Waals surface area (Å²) in [4.78, 5) is 25.5. The van der Waals surface area contributed by atoms with E-state index in [1.807, 2.05) is 6.07 Å². The normalized spacial score (nSPS) is 10.2. The summed E-state index contributed by atoms with van der Waals surface area (Å²) in [6.45, 7) is 0. The predicted molar refractivity (Wildman–Crippen MR) is 81.7 cm³/mol. The zero-order valence-electron chi connectivity index (χ0n) is 11.6. The molecule has 108 valence electrons. The highest BCUT2D eigenvalue weighted by Gasteiger charge is 2.18. The van der Waals surface area contributed by atoms with E-state index in [1.54, 1.807) is 50.5 Å². The Labute approximate surface area is 126 Å². The smallest absolute Gasteiger partial charge is 0.283 e. The zero-order chi connectivity index (χ0) is 15.4. The van der Waals surface area contributed by atoms with Gasteiger partial charge in [0.05, 0.1) is 15.4 Å². The van der Waals surface area contributed by atoms with E-state index in [2.05, 4.69) is 0 Å². The molecule has 0 aromatic heterocycles. The van der Waals surface area contributed by atoms with Crippen molar-refractivity contribution in [1.82, 2.24) is 4.90 Å². The van der Waals surface area contributed by atoms with E-state index in [-0.39, 0.29) is 11.6 Å². The number of nitro groups is 1. The molecule has 0 fully saturated rings. The third-order valence-electron chi connectivity index (χ3n) is 2.81. The summed E-state index contributed by atoms with van der Waals surface area (Å²) in [5.74, 6) is -0.128. The molecule has 0 aliphatic rings. The zero-order valence-corrected chi connectivity index (χ0v) is 12.5. The minimum absolute atomic E-state index is 0.0367. The molecule has 2 aromatic carbocycles. The van der Waals surface area contributed by atoms with Crippen molar-refractivity contribution in [2.24, 2.45) is 0 Å². The molecule has 0 spiro atoms. The standard InChI is InChI=1S/C15H14N2O3S/c1-16(2)15(18)11-7-3-5-9-13(11)21-14-10-6-4-8-12(14)17(19)20/h3-10H,1-2H3. The number of para-hydroxylation sites is 1. The third kappa shape index (κ3) is 3.41. The Kier molecular flexibility index (Phi) is 4.59. The highest BCUT2D eigenvalue weighted by molar-refractivity contribution is 7.99. The molecule has 0 bridgehead atoms. The first-order valence-electron chi connectivity index (χ1n) is 6.22. The molecule has 0 saturated heterocycles. The minimum atomic E-state index is -0.418. The van der Waals surface area contributed by atoms with Crippen LogP contribution < -0.4 is 0 Å². The minimum Gasteiger partial charge on any atom is -0.345 e. The Morgan fingerprint density at radius 3 is 2.24 bits per heavy atom. The van der Waals surface area contributed by atoms with Crippen molar-refractivity contribution in [1.29, 1.82) is 0 Å². The summed E-state index contributed by atoms with van der Waals surface area (Å²) in [7, 11) is 3.35. The van der Waals surface area contributed by atoms with Crippen molar-refractivity contribution >= 4 is 23.4 Å². The monoisotopic (exact) mass is 302 g/mol. The molecule has 0 atom stereocenters. The molecule has 5 nitrogen and oxygen atoms in total. The summed E-state index contributed by atoms with van der Waals surface area (Å²) in [6, 6.07) is 13.6. The van der Waals surface area contributed by atoms with Gasteiger partial charge < -0.3 is 4.90 Å². The van der Waals surface area contributed by atoms with Crippen LogP contribution in [0, 0.1) is 10.1 Å². The van der Waals surface area contributed by atoms with Crippen LogP contribution in [-0.2, 0) is 0 Å². The van der Waals surface area contributed by atoms with E-state index >= 15 is 0 Å². The number of carbonyl (C=O) groups is 1. The molecular formula is C15H14N2O3S. The molecule has 0 heterocycles. The maximum Gasteiger partial charge on any atom is 0.283 e. The van der Waals surface area contributed by atoms with Gasteiger partial charge in [0.25, 0.3) is 11.6 Å². The van der Waals surface area contributed by atoms with Gasteiger partial charge in [-0.25, -0.2) is 0 Å². The molecule has 21 heavy (non-hydrogen) atoms. The number of nitro benzene ring substituents is 1. The van der Waals surface area contributed by atoms with Crippen LogP contribution in [0.25, 0.3) is 0 Å². The van der Waals surface area contributed by atoms with Crippen LogP contribution in [-0.4, -0.2) is 29.8 Å². The number of nitrogens with zero attached hydrogens (tertiary/aromatic N) is 2. The quantitative estimate of drug-likeness (QED) is 0.641. The summed E-state index contributed by atoms with van der Waals surface area (Å²) in [5, 5.41) is 11.1. The molecule has 0 aliphatic carbocycles. The SMILES string of the molecule is CN(C)C(=O)c1ccccc1Sc1ccccc1[N+](=O)[O-]. The first-order valence-corrected chi connectivity index (χ1v) is 7.04. The van der Waals surface area contributed by atoms with Gasteiger partial charge in [-0.3, -0.25) is 14.9 Å². The van der Waals surface area contributed by atoms with Crippen molar-refractivity contribution in [2.75, 3.05) is 14.1 Å². The lowest BCUT2D eigenvalue weighted by atomic mass is 10.2. The second-order valence-corrected chi connectivity index (χ2v) is 5.61. The fourth-order valence-corrected chi connectivity index (χ4v) is 2.83. The van der Waals surface area contributed by atoms with Crippen LogP contribution in [0.1, 0.15) is 10.4 Å². The average Bonchev–Trinajstić information content (AvgIpc) is 2.47. The lowest BCUT2D eigenvalue weighted by molar-refractivity contribution is -0.387. The lowest BCUT2D eigenvalue weighted by Gasteiger charge is -2.13. The van der Waals surface area contributed by atoms with Gasteiger partial charge in [0, 0.05) is 25.1 Å². The number of rotatable bonds is 4. The van der Waals surface area contributed by atoms with Crippen molar-refractivity contribution < 1.29 is 9.72 Å². The summed E-state index contributed by atoms with van der Waals surface area (Å²) in [5.41, 5.74) is 0.570. The van der Waals surface area contributed by atoms with Crippen LogP contribution in [0.5, 0.6) is 0 Å². The van der Waals surface area contributed by atoms with Gasteiger partial charge >= 0.3 is 0 Å². The number of hydrogen-bond acceptors (Lipinski definition) is 4. The van der Waals surface area contributed by atoms with E-state index < -0.39 is 4.92 Å². The first kappa shape index (κ1) is 15.1. The van der Waals surface area contributed by atoms with Gasteiger partial charge in [0.2, 0.25) is 0 Å². The van der Waals surface area contributed by atoms with Crippen LogP contribution in [0.15, 0.2) is 58.3 Å². The van der Waals surface area contributed by atoms with Gasteiger partial charge in [-0.2, -0.15) is 0 Å². The fraction of sp³-hybridized carbons (Fsp3) is 0.133. The van der Waals surface area contributed by atoms with E-state index in [1.165, 1.54) is 22.7 Å². The molecule has 0 radical (unpaired) electrons. The number of carbonyl (C=O) groups excluding carboxylic acids is 1. The maximum atomic E-state index is 12.2. The van der Waals surface area contributed by atoms with E-state index in [9.17, 15) is 14.9 Å². The topological polar surface area (TPSA) is 63.5 Å². The van der Waals surface area contributed by atoms with Crippen LogP contribution in [0.2, 0.25) is 0 Å². The van der Waals surface area contributed by atoms with Gasteiger partial charge in [0.15, 0.2) is 0 Å². The maximum absolute atomic E-state index is 12.2. The Balaban J connectivity index is 2.42. The second-order valence-electron chi connectivity index (χ2n) is 4.52. The second kappa shape index (κ2) is 6.41. The highest BCUT2D eigenvalue weighted by Crippen LogP contribution is 2.36. The first-order chi connectivity index (χ1) is 10.0. The molecule has 6 heteroatoms. The molecule has 0 aliphatic heterocycles. The van der Waals surface area contributed by atoms with Gasteiger partial charge in [-0.05, 0) is 18.2 Å². The molecule has 1 amide bonds. The third-order valence-corrected chi connectivity index (χ3v) is 3.95. The van der Waals surface area contributed by atoms with E-state index in [0.717, 1.165) is 0 Å². The van der Waals surface area contributed by atoms with E-state index in [0.29, 0.717) is 15.4 Å². The predicted octanol–water partition coefficient (Wildman–Crippen LogP) is 3.45. The van der Waals surface area contributed by atoms with Gasteiger partial charge in [-0.1, -0.05) is 36.0 Å². The molecule has 2 aromatic rings. The Morgan fingerprint density at radius 2 is 1.62 bits per heavy atom. The van der Waals surface area contributed by atoms with E-state index in [4.69, 9.17) is 0 Å². The number of hydrogen-bond donors (Lipinski definition) is 0. The summed E-state index contributed by atoms with van der Waals surface area (Å²) < 4.78 is 0. The van der Waals surface area contributed by atoms with Crippen molar-refractivity contribution in [2.45, 2.75) is 9.79 Å². The highest BCUT2D eigenvalue weighted by atomic mass is 32.2. The molecular weight excluding hydrogens is 288 g/mol. The Hall–Kier alpha value is -2.34. The largest absolute Gasteiger partial charge is 0.345 e. The van der Waals surface area contributed by atoms with Crippen LogP contribution >= 0.6 is 11.8 Å². The molecule has 0 N–H and O–H groups in total. The summed E-state index contributed by atoms with van der Waals surface area (Å²) >= 11 is 1.23. The molecule has 2 rings (SSSR count). The average molecular weight is 302 g/mol. The van der Waals surface area contributed by atoms with Gasteiger partial charge in [-0.15, -0.1) is 0 Å².